The monoisotopic (exact) mass is 167 g/mol. The summed E-state index contributed by atoms with van der Waals surface area (Å²) in [5.41, 5.74) is 0. The third-order valence-corrected chi connectivity index (χ3v) is 2.83. The van der Waals surface area contributed by atoms with E-state index in [9.17, 15) is 4.79 Å². The van der Waals surface area contributed by atoms with Crippen molar-refractivity contribution in [2.75, 3.05) is 0 Å². The molecule has 0 aromatic rings. The highest BCUT2D eigenvalue weighted by molar-refractivity contribution is 5.78. The van der Waals surface area contributed by atoms with E-state index in [1.54, 1.807) is 0 Å². The van der Waals surface area contributed by atoms with Crippen molar-refractivity contribution in [2.45, 2.75) is 57.0 Å². The largest absolute Gasteiger partial charge is 0.311 e. The predicted molar refractivity (Wildman–Crippen MR) is 48.0 cm³/mol. The van der Waals surface area contributed by atoms with E-state index < -0.39 is 0 Å². The summed E-state index contributed by atoms with van der Waals surface area (Å²) >= 11 is 0. The summed E-state index contributed by atoms with van der Waals surface area (Å²) in [7, 11) is 0. The van der Waals surface area contributed by atoms with Crippen LogP contribution in [0.1, 0.15) is 44.9 Å². The molecule has 0 saturated heterocycles. The lowest BCUT2D eigenvalue weighted by atomic mass is 10.1. The molecule has 2 saturated carbocycles. The number of ketones is 1. The van der Waals surface area contributed by atoms with Crippen LogP contribution in [0.5, 0.6) is 0 Å². The van der Waals surface area contributed by atoms with Gasteiger partial charge in [0.1, 0.15) is 5.78 Å². The number of carbonyl (C=O) groups is 1. The van der Waals surface area contributed by atoms with Crippen LogP contribution in [0, 0.1) is 0 Å². The second-order valence-corrected chi connectivity index (χ2v) is 4.11. The van der Waals surface area contributed by atoms with Gasteiger partial charge in [0.2, 0.25) is 0 Å². The van der Waals surface area contributed by atoms with Gasteiger partial charge in [0.25, 0.3) is 0 Å². The summed E-state index contributed by atoms with van der Waals surface area (Å²) in [6, 6.07) is 1.44. The molecule has 0 bridgehead atoms. The molecule has 0 aliphatic heterocycles. The van der Waals surface area contributed by atoms with Crippen LogP contribution in [-0.2, 0) is 4.79 Å². The maximum absolute atomic E-state index is 11.1. The Morgan fingerprint density at radius 2 is 1.75 bits per heavy atom. The van der Waals surface area contributed by atoms with Crippen LogP contribution in [0.25, 0.3) is 0 Å². The molecule has 0 radical (unpaired) electrons. The molecule has 12 heavy (non-hydrogen) atoms. The minimum atomic E-state index is 0.468. The van der Waals surface area contributed by atoms with Crippen molar-refractivity contribution in [2.24, 2.45) is 0 Å². The maximum Gasteiger partial charge on any atom is 0.132 e. The van der Waals surface area contributed by atoms with E-state index >= 15 is 0 Å². The first-order valence-corrected chi connectivity index (χ1v) is 5.12. The zero-order valence-corrected chi connectivity index (χ0v) is 7.51. The number of rotatable bonds is 2. The van der Waals surface area contributed by atoms with Crippen LogP contribution in [0.3, 0.4) is 0 Å². The zero-order chi connectivity index (χ0) is 8.39. The molecule has 0 spiro atoms. The molecule has 2 rings (SSSR count). The molecular formula is C10H17NO. The van der Waals surface area contributed by atoms with Crippen LogP contribution < -0.4 is 5.32 Å². The summed E-state index contributed by atoms with van der Waals surface area (Å²) in [4.78, 5) is 11.1. The fraction of sp³-hybridized carbons (Fsp3) is 0.900. The average Bonchev–Trinajstić information content (AvgIpc) is 2.83. The third-order valence-electron chi connectivity index (χ3n) is 2.83. The van der Waals surface area contributed by atoms with E-state index in [-0.39, 0.29) is 0 Å². The third kappa shape index (κ3) is 2.31. The summed E-state index contributed by atoms with van der Waals surface area (Å²) in [6.07, 6.45) is 7.73. The van der Waals surface area contributed by atoms with E-state index in [0.29, 0.717) is 11.8 Å². The Kier molecular flexibility index (Phi) is 2.45. The van der Waals surface area contributed by atoms with Gasteiger partial charge in [-0.05, 0) is 32.1 Å². The van der Waals surface area contributed by atoms with Crippen molar-refractivity contribution in [1.29, 1.82) is 0 Å². The maximum atomic E-state index is 11.1. The van der Waals surface area contributed by atoms with E-state index in [2.05, 4.69) is 5.32 Å². The molecule has 0 heterocycles. The van der Waals surface area contributed by atoms with Gasteiger partial charge in [-0.3, -0.25) is 4.79 Å². The number of carbonyl (C=O) groups excluding carboxylic acids is 1. The fourth-order valence-corrected chi connectivity index (χ4v) is 1.90. The number of hydrogen-bond donors (Lipinski definition) is 1. The SMILES string of the molecule is O=C1CCCC(NC2CC2)CC1. The van der Waals surface area contributed by atoms with Gasteiger partial charge in [-0.15, -0.1) is 0 Å². The van der Waals surface area contributed by atoms with Gasteiger partial charge in [0.05, 0.1) is 0 Å². The van der Waals surface area contributed by atoms with Crippen molar-refractivity contribution >= 4 is 5.78 Å². The lowest BCUT2D eigenvalue weighted by Crippen LogP contribution is -2.30. The molecule has 2 aliphatic rings. The van der Waals surface area contributed by atoms with Crippen LogP contribution in [0.15, 0.2) is 0 Å². The second-order valence-electron chi connectivity index (χ2n) is 4.11. The average molecular weight is 167 g/mol. The van der Waals surface area contributed by atoms with Crippen molar-refractivity contribution in [3.63, 3.8) is 0 Å². The smallest absolute Gasteiger partial charge is 0.132 e. The summed E-state index contributed by atoms with van der Waals surface area (Å²) in [5.74, 6) is 0.468. The van der Waals surface area contributed by atoms with Crippen LogP contribution in [-0.4, -0.2) is 17.9 Å². The molecular weight excluding hydrogens is 150 g/mol. The van der Waals surface area contributed by atoms with E-state index in [4.69, 9.17) is 0 Å². The van der Waals surface area contributed by atoms with Crippen LogP contribution in [0.2, 0.25) is 0 Å². The molecule has 0 aromatic heterocycles. The highest BCUT2D eigenvalue weighted by Crippen LogP contribution is 2.23. The molecule has 0 aromatic carbocycles. The molecule has 2 nitrogen and oxygen atoms in total. The first-order chi connectivity index (χ1) is 5.84. The Morgan fingerprint density at radius 3 is 2.50 bits per heavy atom. The lowest BCUT2D eigenvalue weighted by molar-refractivity contribution is -0.118. The van der Waals surface area contributed by atoms with Crippen molar-refractivity contribution < 1.29 is 4.79 Å². The fourth-order valence-electron chi connectivity index (χ4n) is 1.90. The Bertz CT molecular complexity index is 175. The molecule has 1 N–H and O–H groups in total. The summed E-state index contributed by atoms with van der Waals surface area (Å²) in [5, 5.41) is 3.60. The standard InChI is InChI=1S/C10H17NO/c12-10-3-1-2-8(6-7-10)11-9-4-5-9/h8-9,11H,1-7H2. The molecule has 68 valence electrons. The lowest BCUT2D eigenvalue weighted by Gasteiger charge is -2.14. The van der Waals surface area contributed by atoms with Gasteiger partial charge < -0.3 is 5.32 Å². The minimum absolute atomic E-state index is 0.468. The van der Waals surface area contributed by atoms with Gasteiger partial charge >= 0.3 is 0 Å². The molecule has 2 heteroatoms. The topological polar surface area (TPSA) is 29.1 Å². The van der Waals surface area contributed by atoms with Gasteiger partial charge in [-0.25, -0.2) is 0 Å². The number of Topliss-reactive ketones (excluding diaryl/α,β-unsaturated/α-hetero) is 1. The zero-order valence-electron chi connectivity index (χ0n) is 7.51. The minimum Gasteiger partial charge on any atom is -0.311 e. The summed E-state index contributed by atoms with van der Waals surface area (Å²) in [6.45, 7) is 0. The molecule has 1 unspecified atom stereocenters. The van der Waals surface area contributed by atoms with Crippen molar-refractivity contribution in [1.82, 2.24) is 5.32 Å². The van der Waals surface area contributed by atoms with E-state index in [1.165, 1.54) is 19.3 Å². The van der Waals surface area contributed by atoms with E-state index in [1.807, 2.05) is 0 Å². The first-order valence-electron chi connectivity index (χ1n) is 5.12. The molecule has 1 atom stereocenters. The van der Waals surface area contributed by atoms with Gasteiger partial charge in [0.15, 0.2) is 0 Å². The second kappa shape index (κ2) is 3.56. The van der Waals surface area contributed by atoms with E-state index in [0.717, 1.165) is 31.7 Å². The van der Waals surface area contributed by atoms with Gasteiger partial charge in [0, 0.05) is 24.9 Å². The predicted octanol–water partition coefficient (Wildman–Crippen LogP) is 1.64. The van der Waals surface area contributed by atoms with Crippen molar-refractivity contribution in [3.8, 4) is 0 Å². The van der Waals surface area contributed by atoms with Gasteiger partial charge in [-0.1, -0.05) is 0 Å². The molecule has 2 aliphatic carbocycles. The van der Waals surface area contributed by atoms with Crippen molar-refractivity contribution in [3.05, 3.63) is 0 Å². The highest BCUT2D eigenvalue weighted by atomic mass is 16.1. The van der Waals surface area contributed by atoms with Gasteiger partial charge in [-0.2, -0.15) is 0 Å². The molecule has 2 fully saturated rings. The highest BCUT2D eigenvalue weighted by Gasteiger charge is 2.25. The number of hydrogen-bond acceptors (Lipinski definition) is 2. The Balaban J connectivity index is 1.77. The normalized spacial score (nSPS) is 31.7. The Hall–Kier alpha value is -0.370. The first kappa shape index (κ1) is 8.24. The summed E-state index contributed by atoms with van der Waals surface area (Å²) < 4.78 is 0. The quantitative estimate of drug-likeness (QED) is 0.633. The van der Waals surface area contributed by atoms with Crippen LogP contribution >= 0.6 is 0 Å². The Morgan fingerprint density at radius 1 is 1.00 bits per heavy atom. The Labute approximate surface area is 73.7 Å². The van der Waals surface area contributed by atoms with Crippen LogP contribution in [0.4, 0.5) is 0 Å². The number of nitrogens with one attached hydrogen (secondary N) is 1. The molecule has 0 amide bonds.